The van der Waals surface area contributed by atoms with Crippen LogP contribution < -0.4 is 5.32 Å². The van der Waals surface area contributed by atoms with Gasteiger partial charge in [0.1, 0.15) is 11.6 Å². The molecule has 1 amide bonds. The van der Waals surface area contributed by atoms with Gasteiger partial charge in [-0.25, -0.2) is 8.78 Å². The van der Waals surface area contributed by atoms with E-state index in [1.165, 1.54) is 24.3 Å². The monoisotopic (exact) mass is 359 g/mol. The Morgan fingerprint density at radius 3 is 2.42 bits per heavy atom. The standard InChI is InChI=1S/C20H19F2NO3/c21-15-5-3-4-14(11-15)20(8-1-2-9-20)19(26)23-16-7-6-13(10-18(24)25)17(22)12-16/h3-7,11-12H,1-2,8-10H2,(H,23,26)(H,24,25). The van der Waals surface area contributed by atoms with Gasteiger partial charge in [-0.2, -0.15) is 0 Å². The molecule has 0 heterocycles. The van der Waals surface area contributed by atoms with Crippen LogP contribution in [0, 0.1) is 11.6 Å². The second kappa shape index (κ2) is 7.23. The molecule has 2 aromatic carbocycles. The zero-order valence-electron chi connectivity index (χ0n) is 14.1. The van der Waals surface area contributed by atoms with Gasteiger partial charge in [-0.1, -0.05) is 31.0 Å². The van der Waals surface area contributed by atoms with E-state index in [-0.39, 0.29) is 17.2 Å². The first kappa shape index (κ1) is 18.0. The zero-order chi connectivity index (χ0) is 18.7. The molecule has 0 saturated heterocycles. The first-order valence-electron chi connectivity index (χ1n) is 8.48. The van der Waals surface area contributed by atoms with Gasteiger partial charge in [0.05, 0.1) is 11.8 Å². The Morgan fingerprint density at radius 1 is 1.08 bits per heavy atom. The van der Waals surface area contributed by atoms with Crippen molar-refractivity contribution in [1.29, 1.82) is 0 Å². The second-order valence-electron chi connectivity index (χ2n) is 6.63. The summed E-state index contributed by atoms with van der Waals surface area (Å²) in [6.45, 7) is 0. The minimum Gasteiger partial charge on any atom is -0.481 e. The molecule has 2 aromatic rings. The molecular formula is C20H19F2NO3. The Balaban J connectivity index is 1.85. The molecule has 0 aromatic heterocycles. The number of carboxylic acids is 1. The zero-order valence-corrected chi connectivity index (χ0v) is 14.1. The van der Waals surface area contributed by atoms with E-state index in [9.17, 15) is 18.4 Å². The molecule has 0 unspecified atom stereocenters. The number of carbonyl (C=O) groups excluding carboxylic acids is 1. The summed E-state index contributed by atoms with van der Waals surface area (Å²) in [4.78, 5) is 23.7. The molecule has 0 radical (unpaired) electrons. The van der Waals surface area contributed by atoms with E-state index < -0.39 is 29.4 Å². The molecule has 0 bridgehead atoms. The Hall–Kier alpha value is -2.76. The number of carbonyl (C=O) groups is 2. The SMILES string of the molecule is O=C(O)Cc1ccc(NC(=O)C2(c3cccc(F)c3)CCCC2)cc1F. The molecule has 0 atom stereocenters. The Bertz CT molecular complexity index is 845. The molecular weight excluding hydrogens is 340 g/mol. The van der Waals surface area contributed by atoms with Crippen molar-refractivity contribution in [2.75, 3.05) is 5.32 Å². The molecule has 3 rings (SSSR count). The van der Waals surface area contributed by atoms with Crippen molar-refractivity contribution in [1.82, 2.24) is 0 Å². The third-order valence-electron chi connectivity index (χ3n) is 4.92. The molecule has 1 aliphatic rings. The molecule has 0 spiro atoms. The largest absolute Gasteiger partial charge is 0.481 e. The molecule has 0 aliphatic heterocycles. The highest BCUT2D eigenvalue weighted by Gasteiger charge is 2.42. The fourth-order valence-corrected chi connectivity index (χ4v) is 3.59. The Kier molecular flexibility index (Phi) is 5.02. The fourth-order valence-electron chi connectivity index (χ4n) is 3.59. The lowest BCUT2D eigenvalue weighted by atomic mass is 9.78. The van der Waals surface area contributed by atoms with Crippen molar-refractivity contribution < 1.29 is 23.5 Å². The van der Waals surface area contributed by atoms with Crippen LogP contribution in [-0.4, -0.2) is 17.0 Å². The van der Waals surface area contributed by atoms with Crippen LogP contribution in [0.4, 0.5) is 14.5 Å². The molecule has 1 aliphatic carbocycles. The number of hydrogen-bond donors (Lipinski definition) is 2. The first-order chi connectivity index (χ1) is 12.4. The molecule has 4 nitrogen and oxygen atoms in total. The van der Waals surface area contributed by atoms with Gasteiger partial charge in [-0.15, -0.1) is 0 Å². The summed E-state index contributed by atoms with van der Waals surface area (Å²) < 4.78 is 27.7. The summed E-state index contributed by atoms with van der Waals surface area (Å²) in [6.07, 6.45) is 2.49. The topological polar surface area (TPSA) is 66.4 Å². The maximum absolute atomic E-state index is 14.0. The molecule has 26 heavy (non-hydrogen) atoms. The molecule has 2 N–H and O–H groups in total. The second-order valence-corrected chi connectivity index (χ2v) is 6.63. The highest BCUT2D eigenvalue weighted by molar-refractivity contribution is 5.99. The van der Waals surface area contributed by atoms with Crippen LogP contribution >= 0.6 is 0 Å². The number of rotatable bonds is 5. The van der Waals surface area contributed by atoms with Gasteiger partial charge in [0, 0.05) is 5.69 Å². The molecule has 136 valence electrons. The van der Waals surface area contributed by atoms with Gasteiger partial charge in [0.25, 0.3) is 0 Å². The highest BCUT2D eigenvalue weighted by atomic mass is 19.1. The predicted octanol–water partition coefficient (Wildman–Crippen LogP) is 4.04. The van der Waals surface area contributed by atoms with E-state index >= 15 is 0 Å². The number of anilines is 1. The third kappa shape index (κ3) is 3.59. The number of aliphatic carboxylic acids is 1. The maximum Gasteiger partial charge on any atom is 0.307 e. The molecule has 1 fully saturated rings. The quantitative estimate of drug-likeness (QED) is 0.847. The van der Waals surface area contributed by atoms with Gasteiger partial charge in [0.2, 0.25) is 5.91 Å². The van der Waals surface area contributed by atoms with Gasteiger partial charge < -0.3 is 10.4 Å². The van der Waals surface area contributed by atoms with E-state index in [1.54, 1.807) is 12.1 Å². The van der Waals surface area contributed by atoms with Crippen LogP contribution in [0.25, 0.3) is 0 Å². The summed E-state index contributed by atoms with van der Waals surface area (Å²) in [5.74, 6) is -2.51. The normalized spacial score (nSPS) is 15.6. The first-order valence-corrected chi connectivity index (χ1v) is 8.48. The van der Waals surface area contributed by atoms with E-state index in [1.807, 2.05) is 0 Å². The lowest BCUT2D eigenvalue weighted by Gasteiger charge is -2.28. The van der Waals surface area contributed by atoms with Gasteiger partial charge in [0.15, 0.2) is 0 Å². The van der Waals surface area contributed by atoms with Crippen LogP contribution in [0.3, 0.4) is 0 Å². The van der Waals surface area contributed by atoms with Gasteiger partial charge >= 0.3 is 5.97 Å². The van der Waals surface area contributed by atoms with E-state index in [0.717, 1.165) is 18.9 Å². The number of hydrogen-bond acceptors (Lipinski definition) is 2. The summed E-state index contributed by atoms with van der Waals surface area (Å²) in [6, 6.07) is 9.98. The number of nitrogens with one attached hydrogen (secondary N) is 1. The average Bonchev–Trinajstić information content (AvgIpc) is 3.08. The Labute approximate surface area is 149 Å². The lowest BCUT2D eigenvalue weighted by molar-refractivity contribution is -0.136. The molecule has 6 heteroatoms. The average molecular weight is 359 g/mol. The van der Waals surface area contributed by atoms with Crippen molar-refractivity contribution in [3.05, 3.63) is 65.2 Å². The van der Waals surface area contributed by atoms with Crippen LogP contribution in [0.1, 0.15) is 36.8 Å². The summed E-state index contributed by atoms with van der Waals surface area (Å²) in [7, 11) is 0. The van der Waals surface area contributed by atoms with E-state index in [4.69, 9.17) is 5.11 Å². The van der Waals surface area contributed by atoms with Crippen LogP contribution in [0.2, 0.25) is 0 Å². The number of amides is 1. The smallest absolute Gasteiger partial charge is 0.307 e. The van der Waals surface area contributed by atoms with E-state index in [2.05, 4.69) is 5.32 Å². The highest BCUT2D eigenvalue weighted by Crippen LogP contribution is 2.42. The van der Waals surface area contributed by atoms with Gasteiger partial charge in [-0.3, -0.25) is 9.59 Å². The summed E-state index contributed by atoms with van der Waals surface area (Å²) in [5, 5.41) is 11.5. The van der Waals surface area contributed by atoms with Crippen LogP contribution in [0.15, 0.2) is 42.5 Å². The van der Waals surface area contributed by atoms with Crippen molar-refractivity contribution in [2.24, 2.45) is 0 Å². The van der Waals surface area contributed by atoms with Crippen molar-refractivity contribution >= 4 is 17.6 Å². The van der Waals surface area contributed by atoms with Crippen molar-refractivity contribution in [3.63, 3.8) is 0 Å². The number of benzene rings is 2. The number of carboxylic acid groups (broad SMARTS) is 1. The summed E-state index contributed by atoms with van der Waals surface area (Å²) >= 11 is 0. The summed E-state index contributed by atoms with van der Waals surface area (Å²) in [5.41, 5.74) is 0.0918. The Morgan fingerprint density at radius 2 is 1.81 bits per heavy atom. The van der Waals surface area contributed by atoms with Crippen LogP contribution in [0.5, 0.6) is 0 Å². The lowest BCUT2D eigenvalue weighted by Crippen LogP contribution is -2.38. The third-order valence-corrected chi connectivity index (χ3v) is 4.92. The number of halogens is 2. The molecule has 1 saturated carbocycles. The van der Waals surface area contributed by atoms with Crippen LogP contribution in [-0.2, 0) is 21.4 Å². The minimum atomic E-state index is -1.13. The van der Waals surface area contributed by atoms with Crippen molar-refractivity contribution in [2.45, 2.75) is 37.5 Å². The maximum atomic E-state index is 14.0. The minimum absolute atomic E-state index is 0.0520. The fraction of sp³-hybridized carbons (Fsp3) is 0.300. The van der Waals surface area contributed by atoms with Crippen molar-refractivity contribution in [3.8, 4) is 0 Å². The van der Waals surface area contributed by atoms with Gasteiger partial charge in [-0.05, 0) is 48.2 Å². The predicted molar refractivity (Wildman–Crippen MR) is 92.9 cm³/mol. The van der Waals surface area contributed by atoms with E-state index in [0.29, 0.717) is 18.4 Å².